The Morgan fingerprint density at radius 1 is 1.00 bits per heavy atom. The van der Waals surface area contributed by atoms with E-state index in [1.165, 1.54) is 61.8 Å². The topological polar surface area (TPSA) is 32.8 Å². The third kappa shape index (κ3) is 4.62. The Kier molecular flexibility index (Phi) is 5.63. The molecule has 1 aromatic rings. The Morgan fingerprint density at radius 2 is 1.69 bits per heavy atom. The van der Waals surface area contributed by atoms with Gasteiger partial charge >= 0.3 is 6.09 Å². The number of anilines is 1. The molecule has 158 valence electrons. The number of allylic oxidation sites excluding steroid dienone is 2. The quantitative estimate of drug-likeness (QED) is 0.626. The van der Waals surface area contributed by atoms with E-state index in [4.69, 9.17) is 4.74 Å². The molecular weight excluding hydrogens is 360 g/mol. The van der Waals surface area contributed by atoms with Crippen molar-refractivity contribution in [2.75, 3.05) is 31.1 Å². The zero-order valence-electron chi connectivity index (χ0n) is 18.4. The Hall–Kier alpha value is -1.97. The molecule has 0 atom stereocenters. The summed E-state index contributed by atoms with van der Waals surface area (Å²) >= 11 is 0. The van der Waals surface area contributed by atoms with E-state index in [0.717, 1.165) is 13.1 Å². The van der Waals surface area contributed by atoms with Gasteiger partial charge < -0.3 is 14.5 Å². The summed E-state index contributed by atoms with van der Waals surface area (Å²) in [5, 5.41) is 0. The van der Waals surface area contributed by atoms with Crippen LogP contribution in [0.1, 0.15) is 71.3 Å². The maximum absolute atomic E-state index is 12.4. The van der Waals surface area contributed by atoms with Crippen LogP contribution in [0.4, 0.5) is 10.5 Å². The summed E-state index contributed by atoms with van der Waals surface area (Å²) in [4.78, 5) is 16.7. The van der Waals surface area contributed by atoms with Crippen LogP contribution < -0.4 is 4.90 Å². The number of carbonyl (C=O) groups excluding carboxylic acids is 1. The number of nitrogens with zero attached hydrogens (tertiary/aromatic N) is 2. The van der Waals surface area contributed by atoms with Gasteiger partial charge in [-0.2, -0.15) is 0 Å². The first-order chi connectivity index (χ1) is 13.9. The minimum atomic E-state index is -0.440. The summed E-state index contributed by atoms with van der Waals surface area (Å²) in [6.45, 7) is 8.90. The van der Waals surface area contributed by atoms with Crippen molar-refractivity contribution in [2.45, 2.75) is 71.3 Å². The second-order valence-corrected chi connectivity index (χ2v) is 10.1. The van der Waals surface area contributed by atoms with Crippen LogP contribution in [0.25, 0.3) is 5.57 Å². The number of piperazine rings is 1. The summed E-state index contributed by atoms with van der Waals surface area (Å²) in [5.74, 6) is 0. The SMILES string of the molecule is CC(C)(C)OC(=O)N1CCN(c2ccccc2C2=CCC3(CCCC3)CC2)CC1. The molecule has 3 aliphatic rings. The smallest absolute Gasteiger partial charge is 0.410 e. The van der Waals surface area contributed by atoms with E-state index in [2.05, 4.69) is 35.2 Å². The van der Waals surface area contributed by atoms with Crippen molar-refractivity contribution in [3.63, 3.8) is 0 Å². The van der Waals surface area contributed by atoms with Crippen LogP contribution in [0.15, 0.2) is 30.3 Å². The fourth-order valence-electron chi connectivity index (χ4n) is 5.24. The summed E-state index contributed by atoms with van der Waals surface area (Å²) in [6, 6.07) is 8.84. The molecule has 0 radical (unpaired) electrons. The minimum absolute atomic E-state index is 0.192. The molecule has 1 aliphatic heterocycles. The zero-order valence-corrected chi connectivity index (χ0v) is 18.4. The second-order valence-electron chi connectivity index (χ2n) is 10.1. The number of para-hydroxylation sites is 1. The number of benzene rings is 1. The van der Waals surface area contributed by atoms with Gasteiger partial charge in [0, 0.05) is 37.4 Å². The summed E-state index contributed by atoms with van der Waals surface area (Å²) < 4.78 is 5.54. The predicted molar refractivity (Wildman–Crippen MR) is 119 cm³/mol. The Balaban J connectivity index is 1.43. The lowest BCUT2D eigenvalue weighted by molar-refractivity contribution is 0.0240. The maximum Gasteiger partial charge on any atom is 0.410 e. The van der Waals surface area contributed by atoms with Gasteiger partial charge in [0.1, 0.15) is 5.60 Å². The summed E-state index contributed by atoms with van der Waals surface area (Å²) in [6.07, 6.45) is 11.8. The molecule has 0 N–H and O–H groups in total. The molecule has 0 bridgehead atoms. The van der Waals surface area contributed by atoms with Gasteiger partial charge in [-0.25, -0.2) is 4.79 Å². The van der Waals surface area contributed by atoms with Crippen LogP contribution in [-0.2, 0) is 4.74 Å². The van der Waals surface area contributed by atoms with Gasteiger partial charge in [0.25, 0.3) is 0 Å². The molecule has 0 unspecified atom stereocenters. The van der Waals surface area contributed by atoms with Gasteiger partial charge in [-0.15, -0.1) is 0 Å². The van der Waals surface area contributed by atoms with Crippen molar-refractivity contribution >= 4 is 17.4 Å². The van der Waals surface area contributed by atoms with Crippen molar-refractivity contribution in [2.24, 2.45) is 5.41 Å². The van der Waals surface area contributed by atoms with Crippen LogP contribution in [0.2, 0.25) is 0 Å². The van der Waals surface area contributed by atoms with Crippen molar-refractivity contribution in [1.29, 1.82) is 0 Å². The van der Waals surface area contributed by atoms with Crippen LogP contribution in [0.3, 0.4) is 0 Å². The fourth-order valence-corrected chi connectivity index (χ4v) is 5.24. The standard InChI is InChI=1S/C25H36N2O2/c1-24(2,3)29-23(28)27-18-16-26(17-19-27)22-9-5-4-8-21(22)20-10-14-25(15-11-20)12-6-7-13-25/h4-5,8-10H,6-7,11-19H2,1-3H3. The number of hydrogen-bond acceptors (Lipinski definition) is 3. The summed E-state index contributed by atoms with van der Waals surface area (Å²) in [7, 11) is 0. The number of hydrogen-bond donors (Lipinski definition) is 0. The van der Waals surface area contributed by atoms with Gasteiger partial charge in [0.2, 0.25) is 0 Å². The van der Waals surface area contributed by atoms with Gasteiger partial charge in [0.15, 0.2) is 0 Å². The van der Waals surface area contributed by atoms with E-state index in [-0.39, 0.29) is 6.09 Å². The molecule has 29 heavy (non-hydrogen) atoms. The molecule has 4 nitrogen and oxygen atoms in total. The molecule has 1 saturated carbocycles. The highest BCUT2D eigenvalue weighted by molar-refractivity contribution is 5.78. The van der Waals surface area contributed by atoms with Crippen molar-refractivity contribution in [3.05, 3.63) is 35.9 Å². The first-order valence-electron chi connectivity index (χ1n) is 11.4. The van der Waals surface area contributed by atoms with Crippen molar-refractivity contribution in [3.8, 4) is 0 Å². The highest BCUT2D eigenvalue weighted by Gasteiger charge is 2.35. The molecule has 0 aromatic heterocycles. The lowest BCUT2D eigenvalue weighted by atomic mass is 9.72. The molecule has 1 amide bonds. The molecule has 4 rings (SSSR count). The van der Waals surface area contributed by atoms with Crippen LogP contribution >= 0.6 is 0 Å². The number of ether oxygens (including phenoxy) is 1. The van der Waals surface area contributed by atoms with E-state index < -0.39 is 5.60 Å². The molecule has 4 heteroatoms. The molecule has 1 aromatic carbocycles. The number of carbonyl (C=O) groups is 1. The third-order valence-electron chi connectivity index (χ3n) is 6.89. The van der Waals surface area contributed by atoms with Gasteiger partial charge in [-0.05, 0) is 69.9 Å². The first kappa shape index (κ1) is 20.3. The van der Waals surface area contributed by atoms with E-state index in [1.54, 1.807) is 0 Å². The molecular formula is C25H36N2O2. The third-order valence-corrected chi connectivity index (χ3v) is 6.89. The minimum Gasteiger partial charge on any atom is -0.444 e. The highest BCUT2D eigenvalue weighted by atomic mass is 16.6. The van der Waals surface area contributed by atoms with Crippen LogP contribution in [0, 0.1) is 5.41 Å². The largest absolute Gasteiger partial charge is 0.444 e. The van der Waals surface area contributed by atoms with Crippen molar-refractivity contribution < 1.29 is 9.53 Å². The average Bonchev–Trinajstić information content (AvgIpc) is 3.15. The van der Waals surface area contributed by atoms with Crippen molar-refractivity contribution in [1.82, 2.24) is 4.90 Å². The molecule has 2 aliphatic carbocycles. The van der Waals surface area contributed by atoms with E-state index >= 15 is 0 Å². The Labute approximate surface area is 175 Å². The number of amides is 1. The average molecular weight is 397 g/mol. The first-order valence-corrected chi connectivity index (χ1v) is 11.4. The zero-order chi connectivity index (χ0) is 20.5. The molecule has 1 heterocycles. The van der Waals surface area contributed by atoms with Crippen LogP contribution in [0.5, 0.6) is 0 Å². The fraction of sp³-hybridized carbons (Fsp3) is 0.640. The van der Waals surface area contributed by atoms with Crippen LogP contribution in [-0.4, -0.2) is 42.8 Å². The van der Waals surface area contributed by atoms with Gasteiger partial charge in [-0.1, -0.05) is 37.1 Å². The normalized spacial score (nSPS) is 22.0. The second kappa shape index (κ2) is 8.04. The Morgan fingerprint density at radius 3 is 2.31 bits per heavy atom. The van der Waals surface area contributed by atoms with Gasteiger partial charge in [0.05, 0.1) is 0 Å². The highest BCUT2D eigenvalue weighted by Crippen LogP contribution is 2.50. The summed E-state index contributed by atoms with van der Waals surface area (Å²) in [5.41, 5.74) is 4.41. The van der Waals surface area contributed by atoms with E-state index in [0.29, 0.717) is 18.5 Å². The lowest BCUT2D eigenvalue weighted by Gasteiger charge is -2.38. The predicted octanol–water partition coefficient (Wildman–Crippen LogP) is 5.87. The van der Waals surface area contributed by atoms with Gasteiger partial charge in [-0.3, -0.25) is 0 Å². The Bertz CT molecular complexity index is 763. The van der Waals surface area contributed by atoms with E-state index in [1.807, 2.05) is 25.7 Å². The molecule has 1 spiro atoms. The lowest BCUT2D eigenvalue weighted by Crippen LogP contribution is -2.50. The number of rotatable bonds is 2. The van der Waals surface area contributed by atoms with E-state index in [9.17, 15) is 4.79 Å². The maximum atomic E-state index is 12.4. The molecule has 1 saturated heterocycles. The monoisotopic (exact) mass is 396 g/mol. The molecule has 2 fully saturated rings.